The highest BCUT2D eigenvalue weighted by atomic mass is 15.3. The Balaban J connectivity index is 1.68. The van der Waals surface area contributed by atoms with E-state index < -0.39 is 0 Å². The number of benzene rings is 1. The van der Waals surface area contributed by atoms with Gasteiger partial charge in [-0.1, -0.05) is 48.9 Å². The SMILES string of the molecule is CCN1CCN(C(C)CNC/C(C)=C/c2ccccc2)CC1. The summed E-state index contributed by atoms with van der Waals surface area (Å²) in [6.45, 7) is 14.8. The normalized spacial score (nSPS) is 19.3. The van der Waals surface area contributed by atoms with E-state index in [4.69, 9.17) is 0 Å². The fraction of sp³-hybridized carbons (Fsp3) is 0.579. The first-order valence-electron chi connectivity index (χ1n) is 8.58. The second-order valence-corrected chi connectivity index (χ2v) is 6.35. The Morgan fingerprint density at radius 1 is 1.18 bits per heavy atom. The summed E-state index contributed by atoms with van der Waals surface area (Å²) >= 11 is 0. The molecule has 0 aromatic heterocycles. The zero-order valence-corrected chi connectivity index (χ0v) is 14.4. The molecule has 3 heteroatoms. The minimum Gasteiger partial charge on any atom is -0.311 e. The second-order valence-electron chi connectivity index (χ2n) is 6.35. The third kappa shape index (κ3) is 5.56. The summed E-state index contributed by atoms with van der Waals surface area (Å²) in [5.74, 6) is 0. The number of piperazine rings is 1. The molecule has 1 aliphatic rings. The van der Waals surface area contributed by atoms with E-state index in [0.717, 1.165) is 13.1 Å². The third-order valence-electron chi connectivity index (χ3n) is 4.53. The summed E-state index contributed by atoms with van der Waals surface area (Å²) in [6, 6.07) is 11.2. The van der Waals surface area contributed by atoms with E-state index >= 15 is 0 Å². The zero-order chi connectivity index (χ0) is 15.8. The van der Waals surface area contributed by atoms with Crippen LogP contribution in [0.3, 0.4) is 0 Å². The molecule has 1 atom stereocenters. The Kier molecular flexibility index (Phi) is 7.10. The summed E-state index contributed by atoms with van der Waals surface area (Å²) in [5, 5.41) is 3.60. The Hall–Kier alpha value is -1.16. The van der Waals surface area contributed by atoms with Crippen molar-refractivity contribution < 1.29 is 0 Å². The van der Waals surface area contributed by atoms with Gasteiger partial charge in [0.15, 0.2) is 0 Å². The van der Waals surface area contributed by atoms with E-state index in [9.17, 15) is 0 Å². The maximum Gasteiger partial charge on any atom is 0.0193 e. The molecule has 1 N–H and O–H groups in total. The number of hydrogen-bond donors (Lipinski definition) is 1. The van der Waals surface area contributed by atoms with Crippen molar-refractivity contribution >= 4 is 6.08 Å². The van der Waals surface area contributed by atoms with Crippen LogP contribution >= 0.6 is 0 Å². The minimum atomic E-state index is 0.614. The van der Waals surface area contributed by atoms with Gasteiger partial charge in [-0.3, -0.25) is 4.90 Å². The van der Waals surface area contributed by atoms with E-state index in [0.29, 0.717) is 6.04 Å². The average Bonchev–Trinajstić information content (AvgIpc) is 2.55. The largest absolute Gasteiger partial charge is 0.311 e. The molecule has 1 heterocycles. The van der Waals surface area contributed by atoms with Crippen LogP contribution in [0.4, 0.5) is 0 Å². The average molecular weight is 301 g/mol. The molecular weight excluding hydrogens is 270 g/mol. The fourth-order valence-corrected chi connectivity index (χ4v) is 3.01. The fourth-order valence-electron chi connectivity index (χ4n) is 3.01. The summed E-state index contributed by atoms with van der Waals surface area (Å²) < 4.78 is 0. The molecule has 0 aliphatic carbocycles. The van der Waals surface area contributed by atoms with Crippen molar-refractivity contribution in [1.29, 1.82) is 0 Å². The highest BCUT2D eigenvalue weighted by Crippen LogP contribution is 2.07. The topological polar surface area (TPSA) is 18.5 Å². The highest BCUT2D eigenvalue weighted by molar-refractivity contribution is 5.52. The summed E-state index contributed by atoms with van der Waals surface area (Å²) in [7, 11) is 0. The van der Waals surface area contributed by atoms with Crippen molar-refractivity contribution in [3.05, 3.63) is 41.5 Å². The van der Waals surface area contributed by atoms with Crippen LogP contribution in [0.1, 0.15) is 26.3 Å². The quantitative estimate of drug-likeness (QED) is 0.835. The molecule has 0 saturated carbocycles. The molecule has 1 aliphatic heterocycles. The van der Waals surface area contributed by atoms with Crippen molar-refractivity contribution in [1.82, 2.24) is 15.1 Å². The van der Waals surface area contributed by atoms with Gasteiger partial charge in [0, 0.05) is 45.3 Å². The van der Waals surface area contributed by atoms with Gasteiger partial charge in [-0.2, -0.15) is 0 Å². The molecule has 1 aromatic rings. The van der Waals surface area contributed by atoms with Crippen LogP contribution in [0, 0.1) is 0 Å². The van der Waals surface area contributed by atoms with Gasteiger partial charge in [0.05, 0.1) is 0 Å². The molecule has 22 heavy (non-hydrogen) atoms. The predicted octanol–water partition coefficient (Wildman–Crippen LogP) is 2.71. The first kappa shape index (κ1) is 17.2. The lowest BCUT2D eigenvalue weighted by Crippen LogP contribution is -2.51. The highest BCUT2D eigenvalue weighted by Gasteiger charge is 2.19. The van der Waals surface area contributed by atoms with Crippen LogP contribution in [0.5, 0.6) is 0 Å². The number of nitrogens with zero attached hydrogens (tertiary/aromatic N) is 2. The maximum atomic E-state index is 3.60. The Bertz CT molecular complexity index is 447. The van der Waals surface area contributed by atoms with Gasteiger partial charge in [0.1, 0.15) is 0 Å². The van der Waals surface area contributed by atoms with E-state index in [1.165, 1.54) is 43.9 Å². The van der Waals surface area contributed by atoms with Gasteiger partial charge in [0.25, 0.3) is 0 Å². The number of hydrogen-bond acceptors (Lipinski definition) is 3. The molecular formula is C19H31N3. The standard InChI is InChI=1S/C19H31N3/c1-4-21-10-12-22(13-11-21)18(3)16-20-15-17(2)14-19-8-6-5-7-9-19/h5-9,14,18,20H,4,10-13,15-16H2,1-3H3/b17-14+. The van der Waals surface area contributed by atoms with Gasteiger partial charge < -0.3 is 10.2 Å². The Morgan fingerprint density at radius 2 is 1.86 bits per heavy atom. The number of likely N-dealkylation sites (N-methyl/N-ethyl adjacent to an activating group) is 1. The van der Waals surface area contributed by atoms with Crippen LogP contribution in [-0.2, 0) is 0 Å². The van der Waals surface area contributed by atoms with Crippen LogP contribution in [0.15, 0.2) is 35.9 Å². The first-order valence-corrected chi connectivity index (χ1v) is 8.58. The second kappa shape index (κ2) is 9.09. The van der Waals surface area contributed by atoms with Gasteiger partial charge in [-0.15, -0.1) is 0 Å². The van der Waals surface area contributed by atoms with Crippen LogP contribution < -0.4 is 5.32 Å². The van der Waals surface area contributed by atoms with Crippen molar-refractivity contribution in [2.24, 2.45) is 0 Å². The number of nitrogens with one attached hydrogen (secondary N) is 1. The number of rotatable bonds is 7. The Labute approximate surface area is 136 Å². The lowest BCUT2D eigenvalue weighted by Gasteiger charge is -2.37. The molecule has 0 spiro atoms. The third-order valence-corrected chi connectivity index (χ3v) is 4.53. The van der Waals surface area contributed by atoms with Crippen LogP contribution in [0.2, 0.25) is 0 Å². The predicted molar refractivity (Wildman–Crippen MR) is 96.1 cm³/mol. The van der Waals surface area contributed by atoms with E-state index in [1.54, 1.807) is 0 Å². The zero-order valence-electron chi connectivity index (χ0n) is 14.4. The van der Waals surface area contributed by atoms with Crippen molar-refractivity contribution in [3.8, 4) is 0 Å². The molecule has 1 unspecified atom stereocenters. The lowest BCUT2D eigenvalue weighted by molar-refractivity contribution is 0.106. The van der Waals surface area contributed by atoms with Crippen molar-refractivity contribution in [2.75, 3.05) is 45.8 Å². The van der Waals surface area contributed by atoms with Gasteiger partial charge in [0.2, 0.25) is 0 Å². The lowest BCUT2D eigenvalue weighted by atomic mass is 10.1. The van der Waals surface area contributed by atoms with Crippen LogP contribution in [-0.4, -0.2) is 61.7 Å². The van der Waals surface area contributed by atoms with Crippen LogP contribution in [0.25, 0.3) is 6.08 Å². The molecule has 2 rings (SSSR count). The Morgan fingerprint density at radius 3 is 2.50 bits per heavy atom. The van der Waals surface area contributed by atoms with Crippen molar-refractivity contribution in [2.45, 2.75) is 26.8 Å². The smallest absolute Gasteiger partial charge is 0.0193 e. The van der Waals surface area contributed by atoms with E-state index in [-0.39, 0.29) is 0 Å². The molecule has 0 radical (unpaired) electrons. The molecule has 122 valence electrons. The minimum absolute atomic E-state index is 0.614. The molecule has 1 aromatic carbocycles. The monoisotopic (exact) mass is 301 g/mol. The molecule has 0 amide bonds. The van der Waals surface area contributed by atoms with Crippen molar-refractivity contribution in [3.63, 3.8) is 0 Å². The van der Waals surface area contributed by atoms with E-state index in [2.05, 4.69) is 72.3 Å². The summed E-state index contributed by atoms with van der Waals surface area (Å²) in [5.41, 5.74) is 2.67. The molecule has 1 saturated heterocycles. The van der Waals surface area contributed by atoms with Gasteiger partial charge >= 0.3 is 0 Å². The summed E-state index contributed by atoms with van der Waals surface area (Å²) in [6.07, 6.45) is 2.26. The first-order chi connectivity index (χ1) is 10.7. The molecule has 1 fully saturated rings. The van der Waals surface area contributed by atoms with Gasteiger partial charge in [-0.25, -0.2) is 0 Å². The molecule has 0 bridgehead atoms. The molecule has 3 nitrogen and oxygen atoms in total. The maximum absolute atomic E-state index is 3.60. The van der Waals surface area contributed by atoms with E-state index in [1.807, 2.05) is 0 Å². The van der Waals surface area contributed by atoms with Gasteiger partial charge in [-0.05, 0) is 26.0 Å². The summed E-state index contributed by atoms with van der Waals surface area (Å²) in [4.78, 5) is 5.14.